The van der Waals surface area contributed by atoms with Crippen molar-refractivity contribution >= 4 is 21.4 Å². The first-order valence-corrected chi connectivity index (χ1v) is 9.15. The number of nitrogens with zero attached hydrogens (tertiary/aromatic N) is 3. The summed E-state index contributed by atoms with van der Waals surface area (Å²) in [5.41, 5.74) is 1.80. The molecule has 118 valence electrons. The maximum absolute atomic E-state index is 11.3. The Kier molecular flexibility index (Phi) is 4.20. The summed E-state index contributed by atoms with van der Waals surface area (Å²) in [5.74, 6) is 0.720. The highest BCUT2D eigenvalue weighted by Crippen LogP contribution is 2.31. The molecule has 2 N–H and O–H groups in total. The number of hydrogen-bond donors (Lipinski definition) is 1. The second-order valence-corrected chi connectivity index (χ2v) is 7.58. The van der Waals surface area contributed by atoms with Gasteiger partial charge in [-0.25, -0.2) is 28.5 Å². The van der Waals surface area contributed by atoms with Crippen LogP contribution in [0.2, 0.25) is 0 Å². The Morgan fingerprint density at radius 2 is 1.78 bits per heavy atom. The van der Waals surface area contributed by atoms with E-state index >= 15 is 0 Å². The topological polar surface area (TPSA) is 98.8 Å². The van der Waals surface area contributed by atoms with Gasteiger partial charge in [0.05, 0.1) is 21.9 Å². The molecule has 0 saturated heterocycles. The molecule has 0 aliphatic heterocycles. The van der Waals surface area contributed by atoms with Crippen LogP contribution in [0.25, 0.3) is 10.4 Å². The van der Waals surface area contributed by atoms with E-state index in [1.54, 1.807) is 41.9 Å². The molecule has 0 aliphatic rings. The molecule has 3 rings (SSSR count). The summed E-state index contributed by atoms with van der Waals surface area (Å²) in [6.07, 6.45) is 3.98. The van der Waals surface area contributed by atoms with Gasteiger partial charge in [-0.3, -0.25) is 0 Å². The normalized spacial score (nSPS) is 11.6. The molecule has 8 heteroatoms. The average molecular weight is 346 g/mol. The summed E-state index contributed by atoms with van der Waals surface area (Å²) in [6, 6.07) is 8.26. The minimum absolute atomic E-state index is 0.0985. The van der Waals surface area contributed by atoms with Crippen molar-refractivity contribution in [2.75, 3.05) is 0 Å². The molecule has 23 heavy (non-hydrogen) atoms. The number of rotatable bonds is 4. The van der Waals surface area contributed by atoms with E-state index in [0.29, 0.717) is 6.42 Å². The van der Waals surface area contributed by atoms with Crippen LogP contribution in [0.1, 0.15) is 16.5 Å². The quantitative estimate of drug-likeness (QED) is 0.780. The van der Waals surface area contributed by atoms with E-state index in [1.165, 1.54) is 12.1 Å². The molecule has 0 spiro atoms. The van der Waals surface area contributed by atoms with E-state index in [4.69, 9.17) is 5.14 Å². The van der Waals surface area contributed by atoms with Gasteiger partial charge in [-0.2, -0.15) is 0 Å². The lowest BCUT2D eigenvalue weighted by Gasteiger charge is -2.01. The molecule has 0 aliphatic carbocycles. The maximum Gasteiger partial charge on any atom is 0.238 e. The lowest BCUT2D eigenvalue weighted by atomic mass is 10.2. The van der Waals surface area contributed by atoms with Crippen LogP contribution in [-0.2, 0) is 16.4 Å². The van der Waals surface area contributed by atoms with Crippen LogP contribution in [0.5, 0.6) is 0 Å². The molecule has 3 aromatic rings. The van der Waals surface area contributed by atoms with Gasteiger partial charge >= 0.3 is 0 Å². The van der Waals surface area contributed by atoms with Crippen LogP contribution in [0.4, 0.5) is 0 Å². The average Bonchev–Trinajstić information content (AvgIpc) is 2.88. The molecule has 0 atom stereocenters. The third kappa shape index (κ3) is 3.61. The maximum atomic E-state index is 11.3. The van der Waals surface area contributed by atoms with Crippen molar-refractivity contribution in [2.45, 2.75) is 18.2 Å². The smallest absolute Gasteiger partial charge is 0.238 e. The Hall–Kier alpha value is -2.16. The fourth-order valence-corrected chi connectivity index (χ4v) is 3.73. The Bertz CT molecular complexity index is 920. The van der Waals surface area contributed by atoms with E-state index in [-0.39, 0.29) is 4.90 Å². The molecule has 0 amide bonds. The highest BCUT2D eigenvalue weighted by atomic mass is 32.2. The summed E-state index contributed by atoms with van der Waals surface area (Å²) in [7, 11) is -3.68. The van der Waals surface area contributed by atoms with Gasteiger partial charge in [0, 0.05) is 12.4 Å². The Morgan fingerprint density at radius 1 is 1.13 bits per heavy atom. The largest absolute Gasteiger partial charge is 0.245 e. The van der Waals surface area contributed by atoms with Crippen LogP contribution in [0, 0.1) is 6.92 Å². The highest BCUT2D eigenvalue weighted by molar-refractivity contribution is 7.89. The van der Waals surface area contributed by atoms with Crippen LogP contribution in [0.3, 0.4) is 0 Å². The van der Waals surface area contributed by atoms with Crippen LogP contribution in [0.15, 0.2) is 47.6 Å². The van der Waals surface area contributed by atoms with Gasteiger partial charge in [-0.15, -0.1) is 11.3 Å². The van der Waals surface area contributed by atoms with Gasteiger partial charge < -0.3 is 0 Å². The number of thiazole rings is 1. The van der Waals surface area contributed by atoms with E-state index in [2.05, 4.69) is 15.0 Å². The Morgan fingerprint density at radius 3 is 2.39 bits per heavy atom. The zero-order valence-electron chi connectivity index (χ0n) is 12.3. The molecule has 2 heterocycles. The van der Waals surface area contributed by atoms with E-state index in [0.717, 1.165) is 27.0 Å². The van der Waals surface area contributed by atoms with Crippen LogP contribution in [-0.4, -0.2) is 23.4 Å². The predicted octanol–water partition coefficient (Wildman–Crippen LogP) is 2.15. The van der Waals surface area contributed by atoms with E-state index in [9.17, 15) is 8.42 Å². The molecule has 2 aromatic heterocycles. The Balaban J connectivity index is 1.89. The first-order chi connectivity index (χ1) is 10.9. The van der Waals surface area contributed by atoms with Gasteiger partial charge in [0.15, 0.2) is 0 Å². The van der Waals surface area contributed by atoms with Crippen molar-refractivity contribution in [2.24, 2.45) is 5.14 Å². The molecule has 0 radical (unpaired) electrons. The molecule has 6 nitrogen and oxygen atoms in total. The van der Waals surface area contributed by atoms with E-state index in [1.807, 2.05) is 6.92 Å². The van der Waals surface area contributed by atoms with Crippen LogP contribution >= 0.6 is 11.3 Å². The van der Waals surface area contributed by atoms with Gasteiger partial charge in [0.25, 0.3) is 0 Å². The molecule has 0 saturated carbocycles. The number of aryl methyl sites for hydroxylation is 1. The molecular weight excluding hydrogens is 332 g/mol. The van der Waals surface area contributed by atoms with Gasteiger partial charge in [-0.05, 0) is 30.7 Å². The standard InChI is InChI=1S/C15H14N4O2S2/c1-10-15(11-3-5-12(6-4-11)23(16,20)21)22-14(19-10)9-13-17-7-2-8-18-13/h2-8H,9H2,1H3,(H2,16,20,21). The summed E-state index contributed by atoms with van der Waals surface area (Å²) in [4.78, 5) is 14.0. The third-order valence-corrected chi connectivity index (χ3v) is 5.35. The minimum atomic E-state index is -3.68. The van der Waals surface area contributed by atoms with Gasteiger partial charge in [0.2, 0.25) is 10.0 Å². The van der Waals surface area contributed by atoms with Gasteiger partial charge in [0.1, 0.15) is 10.8 Å². The summed E-state index contributed by atoms with van der Waals surface area (Å²) >= 11 is 1.55. The molecule has 0 fully saturated rings. The number of sulfonamides is 1. The second-order valence-electron chi connectivity index (χ2n) is 4.93. The van der Waals surface area contributed by atoms with Crippen molar-refractivity contribution in [1.82, 2.24) is 15.0 Å². The molecule has 0 bridgehead atoms. The van der Waals surface area contributed by atoms with Crippen molar-refractivity contribution in [3.05, 3.63) is 59.3 Å². The predicted molar refractivity (Wildman–Crippen MR) is 88.5 cm³/mol. The summed E-state index contributed by atoms with van der Waals surface area (Å²) in [5, 5.41) is 6.03. The SMILES string of the molecule is Cc1nc(Cc2ncccn2)sc1-c1ccc(S(N)(=O)=O)cc1. The van der Waals surface area contributed by atoms with Gasteiger partial charge in [-0.1, -0.05) is 12.1 Å². The minimum Gasteiger partial charge on any atom is -0.245 e. The monoisotopic (exact) mass is 346 g/mol. The Labute approximate surface area is 138 Å². The number of primary sulfonamides is 1. The number of hydrogen-bond acceptors (Lipinski definition) is 6. The second kappa shape index (κ2) is 6.15. The molecule has 1 aromatic carbocycles. The molecule has 0 unspecified atom stereocenters. The van der Waals surface area contributed by atoms with Crippen molar-refractivity contribution in [3.63, 3.8) is 0 Å². The number of aromatic nitrogens is 3. The summed E-state index contributed by atoms with van der Waals surface area (Å²) in [6.45, 7) is 1.93. The summed E-state index contributed by atoms with van der Waals surface area (Å²) < 4.78 is 22.6. The number of nitrogens with two attached hydrogens (primary N) is 1. The fraction of sp³-hybridized carbons (Fsp3) is 0.133. The van der Waals surface area contributed by atoms with Crippen molar-refractivity contribution < 1.29 is 8.42 Å². The zero-order chi connectivity index (χ0) is 16.4. The third-order valence-electron chi connectivity index (χ3n) is 3.21. The highest BCUT2D eigenvalue weighted by Gasteiger charge is 2.13. The first-order valence-electron chi connectivity index (χ1n) is 6.79. The first kappa shape index (κ1) is 15.7. The zero-order valence-corrected chi connectivity index (χ0v) is 13.9. The van der Waals surface area contributed by atoms with Crippen molar-refractivity contribution in [1.29, 1.82) is 0 Å². The lowest BCUT2D eigenvalue weighted by Crippen LogP contribution is -2.11. The lowest BCUT2D eigenvalue weighted by molar-refractivity contribution is 0.598. The van der Waals surface area contributed by atoms with E-state index < -0.39 is 10.0 Å². The van der Waals surface area contributed by atoms with Crippen molar-refractivity contribution in [3.8, 4) is 10.4 Å². The molecular formula is C15H14N4O2S2. The fourth-order valence-electron chi connectivity index (χ4n) is 2.15. The van der Waals surface area contributed by atoms with Crippen LogP contribution < -0.4 is 5.14 Å². The number of benzene rings is 1.